The van der Waals surface area contributed by atoms with Crippen LogP contribution in [0.4, 0.5) is 0 Å². The van der Waals surface area contributed by atoms with Crippen LogP contribution in [0, 0.1) is 0 Å². The van der Waals surface area contributed by atoms with E-state index in [1.165, 1.54) is 0 Å². The number of nitrogens with one attached hydrogen (secondary N) is 1. The van der Waals surface area contributed by atoms with Crippen molar-refractivity contribution in [2.75, 3.05) is 26.2 Å². The number of hydrogen-bond acceptors (Lipinski definition) is 3. The maximum absolute atomic E-state index is 12.7. The summed E-state index contributed by atoms with van der Waals surface area (Å²) in [4.78, 5) is 14.6. The molecule has 2 heterocycles. The molecule has 0 unspecified atom stereocenters. The highest BCUT2D eigenvalue weighted by atomic mass is 35.5. The van der Waals surface area contributed by atoms with Gasteiger partial charge in [-0.05, 0) is 6.07 Å². The van der Waals surface area contributed by atoms with Gasteiger partial charge in [-0.15, -0.1) is 12.4 Å². The molecule has 1 fully saturated rings. The Morgan fingerprint density at radius 1 is 1.27 bits per heavy atom. The van der Waals surface area contributed by atoms with Crippen LogP contribution in [0.1, 0.15) is 10.4 Å². The lowest BCUT2D eigenvalue weighted by Gasteiger charge is -2.27. The fourth-order valence-electron chi connectivity index (χ4n) is 2.54. The molecule has 1 aromatic carbocycles. The van der Waals surface area contributed by atoms with Gasteiger partial charge < -0.3 is 10.2 Å². The maximum atomic E-state index is 12.7. The summed E-state index contributed by atoms with van der Waals surface area (Å²) < 4.78 is 1.66. The predicted octanol–water partition coefficient (Wildman–Crippen LogP) is 2.21. The molecular formula is C15H18Cl2N4O. The summed E-state index contributed by atoms with van der Waals surface area (Å²) in [6.45, 7) is 3.09. The van der Waals surface area contributed by atoms with Crippen molar-refractivity contribution in [2.45, 2.75) is 0 Å². The zero-order valence-corrected chi connectivity index (χ0v) is 13.8. The summed E-state index contributed by atoms with van der Waals surface area (Å²) in [5, 5.41) is 8.27. The number of carbonyl (C=O) groups is 1. The van der Waals surface area contributed by atoms with Crippen molar-refractivity contribution in [2.24, 2.45) is 7.05 Å². The number of rotatable bonds is 2. The van der Waals surface area contributed by atoms with Crippen molar-refractivity contribution in [1.29, 1.82) is 0 Å². The second kappa shape index (κ2) is 7.13. The Bertz CT molecular complexity index is 665. The number of piperazine rings is 1. The SMILES string of the molecule is Cl.Cn1cc(C(=O)N2CCNCC2)c(-c2ccccc2Cl)n1. The molecule has 2 aromatic rings. The third-order valence-corrected chi connectivity index (χ3v) is 3.92. The normalized spacial score (nSPS) is 14.5. The van der Waals surface area contributed by atoms with E-state index in [0.29, 0.717) is 16.3 Å². The first-order valence-corrected chi connectivity index (χ1v) is 7.33. The molecule has 1 saturated heterocycles. The van der Waals surface area contributed by atoms with Gasteiger partial charge in [0.05, 0.1) is 10.6 Å². The van der Waals surface area contributed by atoms with E-state index < -0.39 is 0 Å². The molecule has 0 aliphatic carbocycles. The largest absolute Gasteiger partial charge is 0.336 e. The molecule has 7 heteroatoms. The highest BCUT2D eigenvalue weighted by Crippen LogP contribution is 2.29. The zero-order valence-electron chi connectivity index (χ0n) is 12.3. The van der Waals surface area contributed by atoms with E-state index in [2.05, 4.69) is 10.4 Å². The fraction of sp³-hybridized carbons (Fsp3) is 0.333. The van der Waals surface area contributed by atoms with Crippen LogP contribution >= 0.6 is 24.0 Å². The van der Waals surface area contributed by atoms with E-state index in [0.717, 1.165) is 31.7 Å². The Morgan fingerprint density at radius 2 is 1.95 bits per heavy atom. The van der Waals surface area contributed by atoms with Crippen LogP contribution in [0.5, 0.6) is 0 Å². The Kier molecular flexibility index (Phi) is 5.45. The van der Waals surface area contributed by atoms with Crippen LogP contribution in [-0.2, 0) is 7.05 Å². The number of benzene rings is 1. The first-order valence-electron chi connectivity index (χ1n) is 6.95. The second-order valence-electron chi connectivity index (χ2n) is 5.09. The van der Waals surface area contributed by atoms with E-state index in [1.54, 1.807) is 10.9 Å². The quantitative estimate of drug-likeness (QED) is 0.911. The molecule has 3 rings (SSSR count). The van der Waals surface area contributed by atoms with Gasteiger partial charge in [0, 0.05) is 45.0 Å². The minimum Gasteiger partial charge on any atom is -0.336 e. The topological polar surface area (TPSA) is 50.2 Å². The van der Waals surface area contributed by atoms with Gasteiger partial charge in [0.1, 0.15) is 5.69 Å². The van der Waals surface area contributed by atoms with Gasteiger partial charge in [0.25, 0.3) is 5.91 Å². The molecule has 1 aromatic heterocycles. The van der Waals surface area contributed by atoms with Gasteiger partial charge in [0.2, 0.25) is 0 Å². The molecule has 1 amide bonds. The Balaban J connectivity index is 0.00000176. The maximum Gasteiger partial charge on any atom is 0.257 e. The number of halogens is 2. The molecule has 22 heavy (non-hydrogen) atoms. The molecule has 5 nitrogen and oxygen atoms in total. The molecule has 0 atom stereocenters. The lowest BCUT2D eigenvalue weighted by atomic mass is 10.1. The smallest absolute Gasteiger partial charge is 0.257 e. The standard InChI is InChI=1S/C15H17ClN4O.ClH/c1-19-10-12(15(21)20-8-6-17-7-9-20)14(18-19)11-4-2-3-5-13(11)16;/h2-5,10,17H,6-9H2,1H3;1H. The van der Waals surface area contributed by atoms with Gasteiger partial charge in [-0.25, -0.2) is 0 Å². The average molecular weight is 341 g/mol. The Morgan fingerprint density at radius 3 is 2.64 bits per heavy atom. The minimum absolute atomic E-state index is 0. The first-order chi connectivity index (χ1) is 10.2. The average Bonchev–Trinajstić information content (AvgIpc) is 2.89. The van der Waals surface area contributed by atoms with Crippen LogP contribution in [0.2, 0.25) is 5.02 Å². The summed E-state index contributed by atoms with van der Waals surface area (Å²) in [6.07, 6.45) is 1.77. The summed E-state index contributed by atoms with van der Waals surface area (Å²) in [7, 11) is 1.81. The molecule has 0 saturated carbocycles. The molecular weight excluding hydrogens is 323 g/mol. The van der Waals surface area contributed by atoms with E-state index >= 15 is 0 Å². The molecule has 1 aliphatic rings. The number of amides is 1. The number of nitrogens with zero attached hydrogens (tertiary/aromatic N) is 3. The lowest BCUT2D eigenvalue weighted by molar-refractivity contribution is 0.0736. The monoisotopic (exact) mass is 340 g/mol. The molecule has 0 spiro atoms. The highest BCUT2D eigenvalue weighted by molar-refractivity contribution is 6.33. The molecule has 1 aliphatic heterocycles. The van der Waals surface area contributed by atoms with Gasteiger partial charge in [-0.3, -0.25) is 9.48 Å². The summed E-state index contributed by atoms with van der Waals surface area (Å²) >= 11 is 6.25. The van der Waals surface area contributed by atoms with Crippen LogP contribution in [-0.4, -0.2) is 46.8 Å². The lowest BCUT2D eigenvalue weighted by Crippen LogP contribution is -2.46. The predicted molar refractivity (Wildman–Crippen MR) is 89.7 cm³/mol. The molecule has 0 radical (unpaired) electrons. The van der Waals surface area contributed by atoms with Crippen molar-refractivity contribution in [3.63, 3.8) is 0 Å². The van der Waals surface area contributed by atoms with Crippen LogP contribution in [0.3, 0.4) is 0 Å². The van der Waals surface area contributed by atoms with Crippen molar-refractivity contribution in [3.05, 3.63) is 41.0 Å². The van der Waals surface area contributed by atoms with Crippen LogP contribution in [0.15, 0.2) is 30.5 Å². The summed E-state index contributed by atoms with van der Waals surface area (Å²) in [6, 6.07) is 7.46. The number of aromatic nitrogens is 2. The Labute approximate surface area is 140 Å². The third-order valence-electron chi connectivity index (χ3n) is 3.59. The molecule has 0 bridgehead atoms. The van der Waals surface area contributed by atoms with Crippen molar-refractivity contribution in [3.8, 4) is 11.3 Å². The van der Waals surface area contributed by atoms with Crippen molar-refractivity contribution < 1.29 is 4.79 Å². The van der Waals surface area contributed by atoms with Gasteiger partial charge >= 0.3 is 0 Å². The minimum atomic E-state index is 0. The van der Waals surface area contributed by atoms with E-state index in [4.69, 9.17) is 11.6 Å². The Hall–Kier alpha value is -1.56. The van der Waals surface area contributed by atoms with Gasteiger partial charge in [-0.2, -0.15) is 5.10 Å². The number of hydrogen-bond donors (Lipinski definition) is 1. The third kappa shape index (κ3) is 3.27. The first kappa shape index (κ1) is 16.8. The summed E-state index contributed by atoms with van der Waals surface area (Å²) in [5.41, 5.74) is 2.04. The van der Waals surface area contributed by atoms with E-state index in [-0.39, 0.29) is 18.3 Å². The zero-order chi connectivity index (χ0) is 14.8. The van der Waals surface area contributed by atoms with Crippen molar-refractivity contribution >= 4 is 29.9 Å². The van der Waals surface area contributed by atoms with Crippen LogP contribution < -0.4 is 5.32 Å². The summed E-state index contributed by atoms with van der Waals surface area (Å²) in [5.74, 6) is 0.0134. The molecule has 118 valence electrons. The second-order valence-corrected chi connectivity index (χ2v) is 5.49. The molecule has 1 N–H and O–H groups in total. The van der Waals surface area contributed by atoms with E-state index in [9.17, 15) is 4.79 Å². The van der Waals surface area contributed by atoms with E-state index in [1.807, 2.05) is 36.2 Å². The fourth-order valence-corrected chi connectivity index (χ4v) is 2.76. The van der Waals surface area contributed by atoms with Gasteiger partial charge in [-0.1, -0.05) is 29.8 Å². The van der Waals surface area contributed by atoms with Crippen molar-refractivity contribution in [1.82, 2.24) is 20.0 Å². The van der Waals surface area contributed by atoms with Crippen LogP contribution in [0.25, 0.3) is 11.3 Å². The van der Waals surface area contributed by atoms with Gasteiger partial charge in [0.15, 0.2) is 0 Å². The number of carbonyl (C=O) groups excluding carboxylic acids is 1. The number of aryl methyl sites for hydroxylation is 1. The highest BCUT2D eigenvalue weighted by Gasteiger charge is 2.24.